The zero-order chi connectivity index (χ0) is 24.9. The number of aryl methyl sites for hydroxylation is 1. The summed E-state index contributed by atoms with van der Waals surface area (Å²) in [6, 6.07) is 19.9. The van der Waals surface area contributed by atoms with Crippen LogP contribution in [-0.2, 0) is 11.2 Å². The molecule has 0 saturated heterocycles. The Labute approximate surface area is 217 Å². The van der Waals surface area contributed by atoms with Crippen molar-refractivity contribution in [2.45, 2.75) is 44.4 Å². The molecule has 2 aliphatic rings. The number of fused-ring (bicyclic) bond motifs is 1. The third-order valence-electron chi connectivity index (χ3n) is 6.85. The second kappa shape index (κ2) is 11.5. The average Bonchev–Trinajstić information content (AvgIpc) is 3.62. The van der Waals surface area contributed by atoms with Crippen LogP contribution in [0.4, 0.5) is 0 Å². The van der Waals surface area contributed by atoms with E-state index in [1.807, 2.05) is 66.4 Å². The molecule has 2 heterocycles. The molecule has 2 aromatic carbocycles. The van der Waals surface area contributed by atoms with E-state index < -0.39 is 6.10 Å². The van der Waals surface area contributed by atoms with E-state index in [1.54, 1.807) is 11.3 Å². The fraction of sp³-hybridized carbons (Fsp3) is 0.414. The van der Waals surface area contributed by atoms with Crippen LogP contribution in [0.15, 0.2) is 66.0 Å². The predicted octanol–water partition coefficient (Wildman–Crippen LogP) is 4.47. The number of amides is 1. The molecule has 1 saturated carbocycles. The molecule has 6 nitrogen and oxygen atoms in total. The second-order valence-corrected chi connectivity index (χ2v) is 10.7. The summed E-state index contributed by atoms with van der Waals surface area (Å²) in [5.41, 5.74) is 2.34. The molecule has 1 aromatic heterocycles. The fourth-order valence-corrected chi connectivity index (χ4v) is 5.76. The molecule has 7 heteroatoms. The third kappa shape index (κ3) is 6.27. The molecule has 0 spiro atoms. The summed E-state index contributed by atoms with van der Waals surface area (Å²) in [6.45, 7) is 4.09. The highest BCUT2D eigenvalue weighted by atomic mass is 32.1. The molecule has 1 aliphatic carbocycles. The van der Waals surface area contributed by atoms with E-state index in [0.717, 1.165) is 36.3 Å². The number of aliphatic hydroxyl groups excluding tert-OH is 1. The maximum Gasteiger partial charge on any atom is 0.237 e. The van der Waals surface area contributed by atoms with Crippen molar-refractivity contribution in [3.05, 3.63) is 82.0 Å². The number of nitrogens with zero attached hydrogens (tertiary/aromatic N) is 2. The topological polar surface area (TPSA) is 62.2 Å². The van der Waals surface area contributed by atoms with Crippen LogP contribution in [0.3, 0.4) is 0 Å². The van der Waals surface area contributed by atoms with Crippen LogP contribution in [0.25, 0.3) is 0 Å². The van der Waals surface area contributed by atoms with Gasteiger partial charge in [-0.2, -0.15) is 0 Å². The summed E-state index contributed by atoms with van der Waals surface area (Å²) in [7, 11) is 0. The highest BCUT2D eigenvalue weighted by Gasteiger charge is 2.36. The number of thiophene rings is 1. The lowest BCUT2D eigenvalue weighted by Crippen LogP contribution is -2.48. The lowest BCUT2D eigenvalue weighted by Gasteiger charge is -2.37. The molecule has 1 aliphatic heterocycles. The largest absolute Gasteiger partial charge is 0.491 e. The Balaban J connectivity index is 1.22. The fourth-order valence-electron chi connectivity index (χ4n) is 4.83. The molecule has 36 heavy (non-hydrogen) atoms. The lowest BCUT2D eigenvalue weighted by molar-refractivity contribution is -0.136. The van der Waals surface area contributed by atoms with Crippen LogP contribution in [0, 0.1) is 6.92 Å². The minimum absolute atomic E-state index is 0.0905. The zero-order valence-electron chi connectivity index (χ0n) is 20.7. The van der Waals surface area contributed by atoms with Crippen molar-refractivity contribution in [3.8, 4) is 11.5 Å². The molecule has 0 radical (unpaired) electrons. The van der Waals surface area contributed by atoms with Crippen molar-refractivity contribution in [2.75, 3.05) is 32.8 Å². The maximum absolute atomic E-state index is 13.6. The van der Waals surface area contributed by atoms with Gasteiger partial charge < -0.3 is 19.5 Å². The van der Waals surface area contributed by atoms with E-state index in [2.05, 4.69) is 16.3 Å². The number of hydrogen-bond donors (Lipinski definition) is 1. The van der Waals surface area contributed by atoms with E-state index in [-0.39, 0.29) is 18.6 Å². The van der Waals surface area contributed by atoms with Crippen LogP contribution in [0.5, 0.6) is 11.5 Å². The van der Waals surface area contributed by atoms with E-state index in [4.69, 9.17) is 9.47 Å². The summed E-state index contributed by atoms with van der Waals surface area (Å²) in [5.74, 6) is 1.65. The van der Waals surface area contributed by atoms with Gasteiger partial charge in [0.1, 0.15) is 30.8 Å². The van der Waals surface area contributed by atoms with Gasteiger partial charge in [0.05, 0.1) is 12.6 Å². The molecule has 0 unspecified atom stereocenters. The van der Waals surface area contributed by atoms with E-state index in [1.165, 1.54) is 10.4 Å². The van der Waals surface area contributed by atoms with Gasteiger partial charge in [0.15, 0.2) is 0 Å². The van der Waals surface area contributed by atoms with E-state index >= 15 is 0 Å². The minimum Gasteiger partial charge on any atom is -0.491 e. The predicted molar refractivity (Wildman–Crippen MR) is 142 cm³/mol. The Morgan fingerprint density at radius 3 is 2.69 bits per heavy atom. The maximum atomic E-state index is 13.6. The summed E-state index contributed by atoms with van der Waals surface area (Å²) in [6.07, 6.45) is 2.34. The van der Waals surface area contributed by atoms with Gasteiger partial charge in [-0.3, -0.25) is 9.69 Å². The molecule has 0 bridgehead atoms. The van der Waals surface area contributed by atoms with E-state index in [0.29, 0.717) is 32.3 Å². The van der Waals surface area contributed by atoms with E-state index in [9.17, 15) is 9.90 Å². The van der Waals surface area contributed by atoms with Gasteiger partial charge in [-0.1, -0.05) is 30.3 Å². The second-order valence-electron chi connectivity index (χ2n) is 9.72. The van der Waals surface area contributed by atoms with Crippen LogP contribution in [0.2, 0.25) is 0 Å². The Kier molecular flexibility index (Phi) is 7.90. The Hall–Kier alpha value is -2.87. The summed E-state index contributed by atoms with van der Waals surface area (Å²) in [4.78, 5) is 19.1. The monoisotopic (exact) mass is 506 g/mol. The van der Waals surface area contributed by atoms with Gasteiger partial charge in [-0.25, -0.2) is 0 Å². The standard InChI is InChI=1S/C29H34N2O4S/c1-21-6-5-9-25(16-21)35-20-27-26-13-15-36-28(26)12-14-31(27)29(33)18-30(22-10-11-22)17-23(32)19-34-24-7-3-2-4-8-24/h2-9,13,15-16,22-23,27,32H,10-12,14,17-20H2,1H3/t23-,27-/m0/s1. The first-order valence-corrected chi connectivity index (χ1v) is 13.6. The molecule has 1 amide bonds. The van der Waals surface area contributed by atoms with Crippen molar-refractivity contribution in [1.82, 2.24) is 9.80 Å². The first-order chi connectivity index (χ1) is 17.6. The molecular formula is C29H34N2O4S. The normalized spacial score (nSPS) is 18.1. The number of benzene rings is 2. The van der Waals surface area contributed by atoms with Crippen molar-refractivity contribution in [1.29, 1.82) is 0 Å². The Bertz CT molecular complexity index is 1150. The average molecular weight is 507 g/mol. The van der Waals surface area contributed by atoms with Crippen LogP contribution < -0.4 is 9.47 Å². The highest BCUT2D eigenvalue weighted by molar-refractivity contribution is 7.10. The third-order valence-corrected chi connectivity index (χ3v) is 7.84. The van der Waals surface area contributed by atoms with Gasteiger partial charge in [-0.15, -0.1) is 11.3 Å². The molecule has 3 aromatic rings. The number of hydrogen-bond acceptors (Lipinski definition) is 6. The number of para-hydroxylation sites is 1. The van der Waals surface area contributed by atoms with Crippen molar-refractivity contribution < 1.29 is 19.4 Å². The van der Waals surface area contributed by atoms with Gasteiger partial charge in [-0.05, 0) is 73.0 Å². The van der Waals surface area contributed by atoms with Crippen molar-refractivity contribution in [3.63, 3.8) is 0 Å². The first-order valence-electron chi connectivity index (χ1n) is 12.7. The summed E-state index contributed by atoms with van der Waals surface area (Å²) < 4.78 is 11.9. The van der Waals surface area contributed by atoms with Gasteiger partial charge >= 0.3 is 0 Å². The number of carbonyl (C=O) groups is 1. The van der Waals surface area contributed by atoms with Gasteiger partial charge in [0.25, 0.3) is 0 Å². The zero-order valence-corrected chi connectivity index (χ0v) is 21.5. The quantitative estimate of drug-likeness (QED) is 0.416. The first kappa shape index (κ1) is 24.8. The van der Waals surface area contributed by atoms with Gasteiger partial charge in [0, 0.05) is 24.0 Å². The molecular weight excluding hydrogens is 472 g/mol. The Morgan fingerprint density at radius 1 is 1.11 bits per heavy atom. The molecule has 190 valence electrons. The number of aliphatic hydroxyl groups is 1. The molecule has 1 N–H and O–H groups in total. The number of rotatable bonds is 11. The van der Waals surface area contributed by atoms with Crippen molar-refractivity contribution in [2.24, 2.45) is 0 Å². The van der Waals surface area contributed by atoms with Gasteiger partial charge in [0.2, 0.25) is 5.91 Å². The number of carbonyl (C=O) groups excluding carboxylic acids is 1. The lowest BCUT2D eigenvalue weighted by atomic mass is 10.0. The molecule has 2 atom stereocenters. The van der Waals surface area contributed by atoms with Crippen LogP contribution in [-0.4, -0.2) is 65.8 Å². The van der Waals surface area contributed by atoms with Crippen molar-refractivity contribution >= 4 is 17.2 Å². The minimum atomic E-state index is -0.663. The van der Waals surface area contributed by atoms with Crippen LogP contribution in [0.1, 0.15) is 34.9 Å². The summed E-state index contributed by atoms with van der Waals surface area (Å²) >= 11 is 1.76. The summed E-state index contributed by atoms with van der Waals surface area (Å²) in [5, 5.41) is 12.8. The molecule has 1 fully saturated rings. The Morgan fingerprint density at radius 2 is 1.92 bits per heavy atom. The SMILES string of the molecule is Cc1cccc(OC[C@H]2c3ccsc3CCN2C(=O)CN(C[C@H](O)COc2ccccc2)C2CC2)c1. The molecule has 5 rings (SSSR count). The highest BCUT2D eigenvalue weighted by Crippen LogP contribution is 2.35. The smallest absolute Gasteiger partial charge is 0.237 e. The van der Waals surface area contributed by atoms with Crippen LogP contribution >= 0.6 is 11.3 Å². The number of ether oxygens (including phenoxy) is 2.